The number of hydrogen-bond acceptors (Lipinski definition) is 4. The predicted molar refractivity (Wildman–Crippen MR) is 100 cm³/mol. The van der Waals surface area contributed by atoms with Gasteiger partial charge in [-0.2, -0.15) is 0 Å². The van der Waals surface area contributed by atoms with Crippen LogP contribution in [-0.2, 0) is 14.3 Å². The summed E-state index contributed by atoms with van der Waals surface area (Å²) in [6, 6.07) is 6.11. The Labute approximate surface area is 158 Å². The average Bonchev–Trinajstić information content (AvgIpc) is 2.56. The van der Waals surface area contributed by atoms with Crippen LogP contribution in [0.5, 0.6) is 0 Å². The molecule has 0 aliphatic carbocycles. The Morgan fingerprint density at radius 2 is 1.70 bits per heavy atom. The Kier molecular flexibility index (Phi) is 8.98. The molecule has 0 aliphatic rings. The number of alkyl carbamates (subject to hydrolysis) is 1. The summed E-state index contributed by atoms with van der Waals surface area (Å²) in [5, 5.41) is 7.67. The molecule has 0 unspecified atom stereocenters. The normalized spacial score (nSPS) is 11.1. The average molecular weight is 379 g/mol. The van der Waals surface area contributed by atoms with Gasteiger partial charge in [0.15, 0.2) is 0 Å². The van der Waals surface area contributed by atoms with Gasteiger partial charge in [0.25, 0.3) is 0 Å². The largest absolute Gasteiger partial charge is 0.444 e. The molecule has 0 atom stereocenters. The number of amides is 3. The second-order valence-corrected chi connectivity index (χ2v) is 6.67. The van der Waals surface area contributed by atoms with Crippen molar-refractivity contribution in [2.75, 3.05) is 19.6 Å². The van der Waals surface area contributed by atoms with E-state index in [0.29, 0.717) is 5.56 Å². The first-order valence-electron chi connectivity index (χ1n) is 8.61. The fourth-order valence-corrected chi connectivity index (χ4v) is 1.90. The van der Waals surface area contributed by atoms with Crippen LogP contribution in [0.4, 0.5) is 9.18 Å². The monoisotopic (exact) mass is 379 g/mol. The Morgan fingerprint density at radius 3 is 2.37 bits per heavy atom. The quantitative estimate of drug-likeness (QED) is 0.475. The molecule has 0 spiro atoms. The summed E-state index contributed by atoms with van der Waals surface area (Å²) in [7, 11) is 0. The number of nitrogens with one attached hydrogen (secondary N) is 3. The van der Waals surface area contributed by atoms with Gasteiger partial charge in [-0.15, -0.1) is 0 Å². The Morgan fingerprint density at radius 1 is 1.04 bits per heavy atom. The molecule has 27 heavy (non-hydrogen) atoms. The highest BCUT2D eigenvalue weighted by molar-refractivity contribution is 5.91. The van der Waals surface area contributed by atoms with Crippen LogP contribution in [-0.4, -0.2) is 43.1 Å². The maximum atomic E-state index is 13.4. The molecule has 0 saturated carbocycles. The SMILES string of the molecule is CC(C)(C)OC(=O)NCCC(=O)NCCNC(=O)/C=C/c1ccccc1F. The summed E-state index contributed by atoms with van der Waals surface area (Å²) < 4.78 is 18.5. The van der Waals surface area contributed by atoms with E-state index in [1.54, 1.807) is 39.0 Å². The van der Waals surface area contributed by atoms with Crippen LogP contribution in [0.1, 0.15) is 32.8 Å². The van der Waals surface area contributed by atoms with Crippen molar-refractivity contribution < 1.29 is 23.5 Å². The summed E-state index contributed by atoms with van der Waals surface area (Å²) in [5.74, 6) is -1.06. The topological polar surface area (TPSA) is 96.5 Å². The number of rotatable bonds is 8. The summed E-state index contributed by atoms with van der Waals surface area (Å²) in [4.78, 5) is 34.7. The predicted octanol–water partition coefficient (Wildman–Crippen LogP) is 1.99. The van der Waals surface area contributed by atoms with E-state index in [2.05, 4.69) is 16.0 Å². The van der Waals surface area contributed by atoms with E-state index in [-0.39, 0.29) is 37.9 Å². The van der Waals surface area contributed by atoms with Gasteiger partial charge in [-0.25, -0.2) is 9.18 Å². The summed E-state index contributed by atoms with van der Waals surface area (Å²) >= 11 is 0. The Balaban J connectivity index is 2.15. The lowest BCUT2D eigenvalue weighted by Gasteiger charge is -2.19. The van der Waals surface area contributed by atoms with Crippen LogP contribution in [0, 0.1) is 5.82 Å². The maximum absolute atomic E-state index is 13.4. The molecule has 8 heteroatoms. The lowest BCUT2D eigenvalue weighted by atomic mass is 10.2. The third kappa shape index (κ3) is 10.6. The second-order valence-electron chi connectivity index (χ2n) is 6.67. The second kappa shape index (κ2) is 10.9. The number of carbonyl (C=O) groups excluding carboxylic acids is 3. The zero-order valence-corrected chi connectivity index (χ0v) is 15.8. The van der Waals surface area contributed by atoms with Crippen LogP contribution in [0.3, 0.4) is 0 Å². The van der Waals surface area contributed by atoms with Crippen LogP contribution < -0.4 is 16.0 Å². The first kappa shape index (κ1) is 22.1. The summed E-state index contributed by atoms with van der Waals surface area (Å²) in [6.07, 6.45) is 2.13. The first-order chi connectivity index (χ1) is 12.7. The highest BCUT2D eigenvalue weighted by Crippen LogP contribution is 2.08. The first-order valence-corrected chi connectivity index (χ1v) is 8.61. The van der Waals surface area contributed by atoms with Gasteiger partial charge >= 0.3 is 6.09 Å². The molecule has 0 saturated heterocycles. The molecule has 1 aromatic carbocycles. The standard InChI is InChI=1S/C19H26FN3O4/c1-19(2,3)27-18(26)23-11-10-17(25)22-13-12-21-16(24)9-8-14-6-4-5-7-15(14)20/h4-9H,10-13H2,1-3H3,(H,21,24)(H,22,25)(H,23,26)/b9-8+. The van der Waals surface area contributed by atoms with Crippen LogP contribution in [0.25, 0.3) is 6.08 Å². The van der Waals surface area contributed by atoms with Crippen molar-refractivity contribution >= 4 is 24.0 Å². The molecule has 148 valence electrons. The molecule has 0 radical (unpaired) electrons. The highest BCUT2D eigenvalue weighted by atomic mass is 19.1. The highest BCUT2D eigenvalue weighted by Gasteiger charge is 2.15. The molecule has 0 heterocycles. The van der Waals surface area contributed by atoms with Gasteiger partial charge < -0.3 is 20.7 Å². The molecular weight excluding hydrogens is 353 g/mol. The van der Waals surface area contributed by atoms with Crippen molar-refractivity contribution in [3.63, 3.8) is 0 Å². The minimum absolute atomic E-state index is 0.0976. The van der Waals surface area contributed by atoms with Gasteiger partial charge in [-0.3, -0.25) is 9.59 Å². The van der Waals surface area contributed by atoms with Crippen molar-refractivity contribution in [1.82, 2.24) is 16.0 Å². The molecule has 0 aliphatic heterocycles. The van der Waals surface area contributed by atoms with Crippen LogP contribution >= 0.6 is 0 Å². The lowest BCUT2D eigenvalue weighted by Crippen LogP contribution is -2.37. The number of benzene rings is 1. The van der Waals surface area contributed by atoms with E-state index < -0.39 is 17.5 Å². The van der Waals surface area contributed by atoms with E-state index in [1.165, 1.54) is 18.2 Å². The van der Waals surface area contributed by atoms with Gasteiger partial charge in [-0.1, -0.05) is 18.2 Å². The lowest BCUT2D eigenvalue weighted by molar-refractivity contribution is -0.121. The van der Waals surface area contributed by atoms with E-state index in [4.69, 9.17) is 4.74 Å². The zero-order chi connectivity index (χ0) is 20.3. The molecule has 0 aromatic heterocycles. The Bertz CT molecular complexity index is 684. The molecule has 3 amide bonds. The zero-order valence-electron chi connectivity index (χ0n) is 15.8. The fourth-order valence-electron chi connectivity index (χ4n) is 1.90. The van der Waals surface area contributed by atoms with Crippen molar-refractivity contribution in [1.29, 1.82) is 0 Å². The number of carbonyl (C=O) groups is 3. The van der Waals surface area contributed by atoms with Crippen LogP contribution in [0.2, 0.25) is 0 Å². The van der Waals surface area contributed by atoms with Crippen molar-refractivity contribution in [2.24, 2.45) is 0 Å². The minimum Gasteiger partial charge on any atom is -0.444 e. The fraction of sp³-hybridized carbons (Fsp3) is 0.421. The summed E-state index contributed by atoms with van der Waals surface area (Å²) in [5.41, 5.74) is -0.274. The molecule has 7 nitrogen and oxygen atoms in total. The van der Waals surface area contributed by atoms with E-state index in [1.807, 2.05) is 0 Å². The van der Waals surface area contributed by atoms with E-state index in [9.17, 15) is 18.8 Å². The Hall–Kier alpha value is -2.90. The number of halogens is 1. The third-order valence-corrected chi connectivity index (χ3v) is 3.09. The van der Waals surface area contributed by atoms with Crippen molar-refractivity contribution in [2.45, 2.75) is 32.8 Å². The van der Waals surface area contributed by atoms with E-state index in [0.717, 1.165) is 0 Å². The van der Waals surface area contributed by atoms with Crippen LogP contribution in [0.15, 0.2) is 30.3 Å². The smallest absolute Gasteiger partial charge is 0.407 e. The minimum atomic E-state index is -0.592. The number of hydrogen-bond donors (Lipinski definition) is 3. The molecular formula is C19H26FN3O4. The molecule has 3 N–H and O–H groups in total. The molecule has 1 aromatic rings. The summed E-state index contributed by atoms with van der Waals surface area (Å²) in [6.45, 7) is 5.87. The molecule has 1 rings (SSSR count). The van der Waals surface area contributed by atoms with Gasteiger partial charge in [0.2, 0.25) is 11.8 Å². The third-order valence-electron chi connectivity index (χ3n) is 3.09. The van der Waals surface area contributed by atoms with Crippen molar-refractivity contribution in [3.8, 4) is 0 Å². The molecule has 0 fully saturated rings. The van der Waals surface area contributed by atoms with Gasteiger partial charge in [0.05, 0.1) is 0 Å². The van der Waals surface area contributed by atoms with Gasteiger partial charge in [0.1, 0.15) is 11.4 Å². The maximum Gasteiger partial charge on any atom is 0.407 e. The van der Waals surface area contributed by atoms with E-state index >= 15 is 0 Å². The van der Waals surface area contributed by atoms with Crippen molar-refractivity contribution in [3.05, 3.63) is 41.7 Å². The van der Waals surface area contributed by atoms with Gasteiger partial charge in [-0.05, 0) is 32.9 Å². The van der Waals surface area contributed by atoms with Gasteiger partial charge in [0, 0.05) is 37.7 Å². The molecule has 0 bridgehead atoms. The number of ether oxygens (including phenoxy) is 1.